The number of fused-ring (bicyclic) bond motifs is 1. The van der Waals surface area contributed by atoms with E-state index in [0.29, 0.717) is 11.0 Å². The molecular weight excluding hydrogens is 184 g/mol. The first kappa shape index (κ1) is 8.36. The molecule has 6 nitrogen and oxygen atoms in total. The molecule has 0 saturated heterocycles. The van der Waals surface area contributed by atoms with Crippen LogP contribution in [0.4, 0.5) is 11.4 Å². The third kappa shape index (κ3) is 1.13. The summed E-state index contributed by atoms with van der Waals surface area (Å²) in [5.41, 5.74) is 6.41. The van der Waals surface area contributed by atoms with E-state index >= 15 is 0 Å². The molecule has 0 radical (unpaired) electrons. The minimum atomic E-state index is -0.538. The summed E-state index contributed by atoms with van der Waals surface area (Å²) in [4.78, 5) is 17.9. The molecule has 2 aromatic rings. The maximum Gasteiger partial charge on any atom is 0.294 e. The summed E-state index contributed by atoms with van der Waals surface area (Å²) in [7, 11) is 0. The van der Waals surface area contributed by atoms with Gasteiger partial charge in [0, 0.05) is 18.5 Å². The van der Waals surface area contributed by atoms with E-state index in [1.807, 2.05) is 0 Å². The van der Waals surface area contributed by atoms with E-state index in [1.165, 1.54) is 24.5 Å². The zero-order valence-corrected chi connectivity index (χ0v) is 7.04. The van der Waals surface area contributed by atoms with Gasteiger partial charge in [-0.1, -0.05) is 0 Å². The molecule has 1 aromatic carbocycles. The highest BCUT2D eigenvalue weighted by atomic mass is 16.6. The molecule has 14 heavy (non-hydrogen) atoms. The van der Waals surface area contributed by atoms with Crippen molar-refractivity contribution in [2.75, 3.05) is 5.73 Å². The van der Waals surface area contributed by atoms with Crippen LogP contribution in [0.1, 0.15) is 0 Å². The van der Waals surface area contributed by atoms with Crippen molar-refractivity contribution in [3.63, 3.8) is 0 Å². The first-order valence-electron chi connectivity index (χ1n) is 3.84. The zero-order valence-electron chi connectivity index (χ0n) is 7.04. The van der Waals surface area contributed by atoms with Crippen LogP contribution in [0.2, 0.25) is 0 Å². The van der Waals surface area contributed by atoms with Crippen LogP contribution < -0.4 is 5.73 Å². The lowest BCUT2D eigenvalue weighted by molar-refractivity contribution is -0.383. The smallest absolute Gasteiger partial charge is 0.294 e. The van der Waals surface area contributed by atoms with Gasteiger partial charge in [0.2, 0.25) is 0 Å². The summed E-state index contributed by atoms with van der Waals surface area (Å²) in [5, 5.41) is 10.5. The van der Waals surface area contributed by atoms with E-state index < -0.39 is 4.92 Å². The molecule has 0 fully saturated rings. The molecule has 0 atom stereocenters. The van der Waals surface area contributed by atoms with Gasteiger partial charge in [0.1, 0.15) is 11.2 Å². The number of anilines is 1. The average Bonchev–Trinajstić information content (AvgIpc) is 2.18. The monoisotopic (exact) mass is 190 g/mol. The van der Waals surface area contributed by atoms with E-state index in [1.54, 1.807) is 0 Å². The number of benzene rings is 1. The van der Waals surface area contributed by atoms with Crippen LogP contribution in [0.15, 0.2) is 24.5 Å². The van der Waals surface area contributed by atoms with Crippen molar-refractivity contribution in [3.05, 3.63) is 34.6 Å². The van der Waals surface area contributed by atoms with Crippen LogP contribution in [0, 0.1) is 10.1 Å². The van der Waals surface area contributed by atoms with Crippen molar-refractivity contribution in [1.29, 1.82) is 0 Å². The number of nitrogens with two attached hydrogens (primary N) is 1. The average molecular weight is 190 g/mol. The summed E-state index contributed by atoms with van der Waals surface area (Å²) in [6.07, 6.45) is 2.95. The summed E-state index contributed by atoms with van der Waals surface area (Å²) < 4.78 is 0. The second-order valence-electron chi connectivity index (χ2n) is 2.68. The van der Waals surface area contributed by atoms with Gasteiger partial charge < -0.3 is 5.73 Å². The van der Waals surface area contributed by atoms with Gasteiger partial charge in [-0.25, -0.2) is 0 Å². The SMILES string of the molecule is Nc1c([N+](=O)[O-])ccc2nccnc12. The Labute approximate surface area is 78.5 Å². The summed E-state index contributed by atoms with van der Waals surface area (Å²) >= 11 is 0. The lowest BCUT2D eigenvalue weighted by atomic mass is 10.2. The number of aromatic nitrogens is 2. The molecule has 0 aliphatic heterocycles. The van der Waals surface area contributed by atoms with E-state index in [0.717, 1.165) is 0 Å². The predicted molar refractivity (Wildman–Crippen MR) is 50.6 cm³/mol. The van der Waals surface area contributed by atoms with Crippen molar-refractivity contribution in [2.45, 2.75) is 0 Å². The van der Waals surface area contributed by atoms with E-state index in [-0.39, 0.29) is 11.4 Å². The quantitative estimate of drug-likeness (QED) is 0.413. The molecule has 1 aromatic heterocycles. The van der Waals surface area contributed by atoms with Gasteiger partial charge in [0.15, 0.2) is 0 Å². The van der Waals surface area contributed by atoms with E-state index in [4.69, 9.17) is 5.73 Å². The second-order valence-corrected chi connectivity index (χ2v) is 2.68. The molecule has 2 N–H and O–H groups in total. The number of nitrogens with zero attached hydrogens (tertiary/aromatic N) is 3. The molecule has 0 aliphatic rings. The van der Waals surface area contributed by atoms with Gasteiger partial charge >= 0.3 is 0 Å². The molecule has 0 spiro atoms. The Morgan fingerprint density at radius 1 is 1.29 bits per heavy atom. The number of nitro benzene ring substituents is 1. The third-order valence-corrected chi connectivity index (χ3v) is 1.85. The fourth-order valence-electron chi connectivity index (χ4n) is 1.21. The van der Waals surface area contributed by atoms with Crippen LogP contribution in [0.3, 0.4) is 0 Å². The maximum atomic E-state index is 10.5. The van der Waals surface area contributed by atoms with Gasteiger partial charge in [-0.3, -0.25) is 20.1 Å². The van der Waals surface area contributed by atoms with Crippen LogP contribution in [-0.2, 0) is 0 Å². The van der Waals surface area contributed by atoms with Gasteiger partial charge in [-0.05, 0) is 6.07 Å². The summed E-state index contributed by atoms with van der Waals surface area (Å²) in [5.74, 6) is 0. The molecule has 0 bridgehead atoms. The first-order valence-corrected chi connectivity index (χ1v) is 3.84. The normalized spacial score (nSPS) is 10.3. The minimum Gasteiger partial charge on any atom is -0.391 e. The largest absolute Gasteiger partial charge is 0.391 e. The number of hydrogen-bond donors (Lipinski definition) is 1. The van der Waals surface area contributed by atoms with Crippen molar-refractivity contribution < 1.29 is 4.92 Å². The van der Waals surface area contributed by atoms with Crippen molar-refractivity contribution in [1.82, 2.24) is 9.97 Å². The molecular formula is C8H6N4O2. The van der Waals surface area contributed by atoms with Crippen molar-refractivity contribution in [2.24, 2.45) is 0 Å². The summed E-state index contributed by atoms with van der Waals surface area (Å²) in [6.45, 7) is 0. The lowest BCUT2D eigenvalue weighted by Crippen LogP contribution is -1.98. The van der Waals surface area contributed by atoms with Crippen molar-refractivity contribution >= 4 is 22.4 Å². The van der Waals surface area contributed by atoms with Gasteiger partial charge in [-0.2, -0.15) is 0 Å². The molecule has 1 heterocycles. The number of nitro groups is 1. The Bertz CT molecular complexity index is 512. The van der Waals surface area contributed by atoms with Gasteiger partial charge in [-0.15, -0.1) is 0 Å². The molecule has 70 valence electrons. The number of rotatable bonds is 1. The van der Waals surface area contributed by atoms with Gasteiger partial charge in [0.25, 0.3) is 5.69 Å². The molecule has 2 rings (SSSR count). The fourth-order valence-corrected chi connectivity index (χ4v) is 1.21. The zero-order chi connectivity index (χ0) is 10.1. The lowest BCUT2D eigenvalue weighted by Gasteiger charge is -2.00. The van der Waals surface area contributed by atoms with E-state index in [9.17, 15) is 10.1 Å². The highest BCUT2D eigenvalue weighted by Crippen LogP contribution is 2.27. The van der Waals surface area contributed by atoms with Crippen LogP contribution in [0.5, 0.6) is 0 Å². The topological polar surface area (TPSA) is 94.9 Å². The van der Waals surface area contributed by atoms with E-state index in [2.05, 4.69) is 9.97 Å². The minimum absolute atomic E-state index is 0.0561. The third-order valence-electron chi connectivity index (χ3n) is 1.85. The van der Waals surface area contributed by atoms with Crippen LogP contribution in [0.25, 0.3) is 11.0 Å². The Morgan fingerprint density at radius 2 is 2.00 bits per heavy atom. The molecule has 0 aliphatic carbocycles. The standard InChI is InChI=1S/C8H6N4O2/c9-7-6(12(13)14)2-1-5-8(7)11-4-3-10-5/h1-4H,9H2. The Balaban J connectivity index is 2.81. The highest BCUT2D eigenvalue weighted by Gasteiger charge is 2.14. The molecule has 0 unspecified atom stereocenters. The predicted octanol–water partition coefficient (Wildman–Crippen LogP) is 1.12. The summed E-state index contributed by atoms with van der Waals surface area (Å²) in [6, 6.07) is 2.85. The van der Waals surface area contributed by atoms with Crippen LogP contribution in [-0.4, -0.2) is 14.9 Å². The Kier molecular flexibility index (Phi) is 1.74. The van der Waals surface area contributed by atoms with Crippen LogP contribution >= 0.6 is 0 Å². The Hall–Kier alpha value is -2.24. The maximum absolute atomic E-state index is 10.5. The number of nitrogen functional groups attached to an aromatic ring is 1. The van der Waals surface area contributed by atoms with Gasteiger partial charge in [0.05, 0.1) is 10.4 Å². The highest BCUT2D eigenvalue weighted by molar-refractivity contribution is 5.91. The second kappa shape index (κ2) is 2.91. The number of hydrogen-bond acceptors (Lipinski definition) is 5. The first-order chi connectivity index (χ1) is 6.70. The van der Waals surface area contributed by atoms with Crippen molar-refractivity contribution in [3.8, 4) is 0 Å². The Morgan fingerprint density at radius 3 is 2.71 bits per heavy atom. The molecule has 0 saturated carbocycles. The molecule has 6 heteroatoms. The molecule has 0 amide bonds. The fraction of sp³-hybridized carbons (Fsp3) is 0.